The number of nitrogens with one attached hydrogen (secondary N) is 1. The van der Waals surface area contributed by atoms with E-state index in [1.165, 1.54) is 30.3 Å². The van der Waals surface area contributed by atoms with Gasteiger partial charge in [0.2, 0.25) is 11.7 Å². The lowest BCUT2D eigenvalue weighted by atomic mass is 10.0. The predicted octanol–water partition coefficient (Wildman–Crippen LogP) is 2.57. The SMILES string of the molecule is O=C1CCC[C@H](/C=C/C(=O)C(F)(F)c2ccccc2)N1. The number of allylic oxidation sites excluding steroid dienone is 1. The maximum atomic E-state index is 13.9. The molecular formula is C15H15F2NO2. The second-order valence-corrected chi connectivity index (χ2v) is 4.73. The van der Waals surface area contributed by atoms with E-state index in [0.717, 1.165) is 6.08 Å². The van der Waals surface area contributed by atoms with Crippen molar-refractivity contribution in [2.75, 3.05) is 0 Å². The number of piperidine rings is 1. The molecule has 1 aliphatic heterocycles. The molecule has 1 N–H and O–H groups in total. The van der Waals surface area contributed by atoms with Crippen LogP contribution in [0.1, 0.15) is 24.8 Å². The van der Waals surface area contributed by atoms with Crippen molar-refractivity contribution in [1.29, 1.82) is 0 Å². The molecule has 2 rings (SSSR count). The van der Waals surface area contributed by atoms with Crippen LogP contribution >= 0.6 is 0 Å². The highest BCUT2D eigenvalue weighted by atomic mass is 19.3. The van der Waals surface area contributed by atoms with Crippen molar-refractivity contribution in [2.45, 2.75) is 31.2 Å². The average Bonchev–Trinajstić information content (AvgIpc) is 2.45. The molecule has 3 nitrogen and oxygen atoms in total. The monoisotopic (exact) mass is 279 g/mol. The molecule has 0 spiro atoms. The summed E-state index contributed by atoms with van der Waals surface area (Å²) in [4.78, 5) is 22.8. The van der Waals surface area contributed by atoms with E-state index < -0.39 is 11.7 Å². The summed E-state index contributed by atoms with van der Waals surface area (Å²) in [6.07, 6.45) is 4.01. The van der Waals surface area contributed by atoms with Gasteiger partial charge in [0, 0.05) is 18.0 Å². The zero-order valence-corrected chi connectivity index (χ0v) is 10.8. The topological polar surface area (TPSA) is 46.2 Å². The van der Waals surface area contributed by atoms with Crippen molar-refractivity contribution in [3.05, 3.63) is 48.0 Å². The van der Waals surface area contributed by atoms with Crippen LogP contribution in [0.4, 0.5) is 8.78 Å². The molecule has 0 unspecified atom stereocenters. The van der Waals surface area contributed by atoms with Crippen LogP contribution in [-0.4, -0.2) is 17.7 Å². The van der Waals surface area contributed by atoms with Crippen molar-refractivity contribution in [2.24, 2.45) is 0 Å². The smallest absolute Gasteiger partial charge is 0.334 e. The molecule has 106 valence electrons. The Kier molecular flexibility index (Phi) is 4.27. The summed E-state index contributed by atoms with van der Waals surface area (Å²) in [5, 5.41) is 2.64. The summed E-state index contributed by atoms with van der Waals surface area (Å²) in [5.74, 6) is -4.94. The number of hydrogen-bond donors (Lipinski definition) is 1. The average molecular weight is 279 g/mol. The molecule has 1 aromatic rings. The van der Waals surface area contributed by atoms with Crippen molar-refractivity contribution >= 4 is 11.7 Å². The van der Waals surface area contributed by atoms with Gasteiger partial charge in [-0.1, -0.05) is 36.4 Å². The van der Waals surface area contributed by atoms with Gasteiger partial charge >= 0.3 is 5.92 Å². The van der Waals surface area contributed by atoms with E-state index in [-0.39, 0.29) is 17.5 Å². The molecule has 1 fully saturated rings. The summed E-state index contributed by atoms with van der Waals surface area (Å²) in [6, 6.07) is 6.62. The number of benzene rings is 1. The Hall–Kier alpha value is -2.04. The molecule has 0 aromatic heterocycles. The van der Waals surface area contributed by atoms with E-state index in [0.29, 0.717) is 19.3 Å². The van der Waals surface area contributed by atoms with Crippen molar-refractivity contribution in [3.63, 3.8) is 0 Å². The number of ketones is 1. The molecule has 0 saturated carbocycles. The number of alkyl halides is 2. The van der Waals surface area contributed by atoms with Gasteiger partial charge in [-0.3, -0.25) is 9.59 Å². The Morgan fingerprint density at radius 1 is 1.30 bits per heavy atom. The fraction of sp³-hybridized carbons (Fsp3) is 0.333. The zero-order chi connectivity index (χ0) is 14.6. The van der Waals surface area contributed by atoms with Gasteiger partial charge in [-0.2, -0.15) is 8.78 Å². The lowest BCUT2D eigenvalue weighted by molar-refractivity contribution is -0.139. The van der Waals surface area contributed by atoms with Crippen LogP contribution in [0.25, 0.3) is 0 Å². The van der Waals surface area contributed by atoms with Gasteiger partial charge in [0.25, 0.3) is 0 Å². The molecule has 1 aliphatic rings. The zero-order valence-electron chi connectivity index (χ0n) is 10.8. The first-order valence-corrected chi connectivity index (χ1v) is 6.45. The van der Waals surface area contributed by atoms with E-state index in [9.17, 15) is 18.4 Å². The maximum absolute atomic E-state index is 13.9. The fourth-order valence-electron chi connectivity index (χ4n) is 2.08. The quantitative estimate of drug-likeness (QED) is 0.861. The highest BCUT2D eigenvalue weighted by molar-refractivity contribution is 5.96. The molecular weight excluding hydrogens is 264 g/mol. The molecule has 1 amide bonds. The second kappa shape index (κ2) is 5.94. The van der Waals surface area contributed by atoms with Crippen LogP contribution in [0.2, 0.25) is 0 Å². The van der Waals surface area contributed by atoms with Gasteiger partial charge in [0.1, 0.15) is 0 Å². The van der Waals surface area contributed by atoms with E-state index in [2.05, 4.69) is 5.32 Å². The first kappa shape index (κ1) is 14.4. The lowest BCUT2D eigenvalue weighted by Crippen LogP contribution is -2.37. The third-order valence-corrected chi connectivity index (χ3v) is 3.19. The Bertz CT molecular complexity index is 526. The Balaban J connectivity index is 2.05. The standard InChI is InChI=1S/C15H15F2NO2/c16-15(17,11-5-2-1-3-6-11)13(19)10-9-12-7-4-8-14(20)18-12/h1-3,5-6,9-10,12H,4,7-8H2,(H,18,20)/b10-9+/t12-/m1/s1. The Morgan fingerprint density at radius 3 is 2.65 bits per heavy atom. The Morgan fingerprint density at radius 2 is 2.00 bits per heavy atom. The summed E-state index contributed by atoms with van der Waals surface area (Å²) >= 11 is 0. The highest BCUT2D eigenvalue weighted by Crippen LogP contribution is 2.29. The first-order valence-electron chi connectivity index (χ1n) is 6.45. The fourth-order valence-corrected chi connectivity index (χ4v) is 2.08. The summed E-state index contributed by atoms with van der Waals surface area (Å²) in [7, 11) is 0. The van der Waals surface area contributed by atoms with Crippen LogP contribution < -0.4 is 5.32 Å². The lowest BCUT2D eigenvalue weighted by Gasteiger charge is -2.20. The molecule has 1 heterocycles. The summed E-state index contributed by atoms with van der Waals surface area (Å²) < 4.78 is 27.8. The van der Waals surface area contributed by atoms with E-state index in [4.69, 9.17) is 0 Å². The predicted molar refractivity (Wildman–Crippen MR) is 70.3 cm³/mol. The molecule has 20 heavy (non-hydrogen) atoms. The second-order valence-electron chi connectivity index (χ2n) is 4.73. The minimum Gasteiger partial charge on any atom is -0.350 e. The van der Waals surface area contributed by atoms with Crippen LogP contribution in [0, 0.1) is 0 Å². The molecule has 1 saturated heterocycles. The van der Waals surface area contributed by atoms with Gasteiger partial charge in [-0.25, -0.2) is 0 Å². The third kappa shape index (κ3) is 3.29. The number of halogens is 2. The number of carbonyl (C=O) groups excluding carboxylic acids is 2. The summed E-state index contributed by atoms with van der Waals surface area (Å²) in [6.45, 7) is 0. The molecule has 1 atom stereocenters. The molecule has 5 heteroatoms. The van der Waals surface area contributed by atoms with Crippen LogP contribution in [-0.2, 0) is 15.5 Å². The van der Waals surface area contributed by atoms with Crippen molar-refractivity contribution in [1.82, 2.24) is 5.32 Å². The highest BCUT2D eigenvalue weighted by Gasteiger charge is 2.38. The largest absolute Gasteiger partial charge is 0.350 e. The van der Waals surface area contributed by atoms with Gasteiger partial charge in [0.15, 0.2) is 0 Å². The normalized spacial score (nSPS) is 19.9. The van der Waals surface area contributed by atoms with Crippen LogP contribution in [0.5, 0.6) is 0 Å². The van der Waals surface area contributed by atoms with Gasteiger partial charge < -0.3 is 5.32 Å². The summed E-state index contributed by atoms with van der Waals surface area (Å²) in [5.41, 5.74) is -0.331. The number of hydrogen-bond acceptors (Lipinski definition) is 2. The maximum Gasteiger partial charge on any atom is 0.334 e. The first-order chi connectivity index (χ1) is 9.50. The van der Waals surface area contributed by atoms with Crippen LogP contribution in [0.15, 0.2) is 42.5 Å². The number of rotatable bonds is 4. The van der Waals surface area contributed by atoms with Crippen molar-refractivity contribution < 1.29 is 18.4 Å². The van der Waals surface area contributed by atoms with E-state index in [1.807, 2.05) is 0 Å². The van der Waals surface area contributed by atoms with Gasteiger partial charge in [-0.15, -0.1) is 0 Å². The third-order valence-electron chi connectivity index (χ3n) is 3.19. The number of carbonyl (C=O) groups is 2. The van der Waals surface area contributed by atoms with E-state index in [1.54, 1.807) is 6.07 Å². The van der Waals surface area contributed by atoms with Gasteiger partial charge in [-0.05, 0) is 18.9 Å². The minimum atomic E-state index is -3.55. The van der Waals surface area contributed by atoms with Crippen LogP contribution in [0.3, 0.4) is 0 Å². The molecule has 1 aromatic carbocycles. The molecule has 0 bridgehead atoms. The molecule has 0 radical (unpaired) electrons. The van der Waals surface area contributed by atoms with Gasteiger partial charge in [0.05, 0.1) is 0 Å². The minimum absolute atomic E-state index is 0.117. The van der Waals surface area contributed by atoms with Crippen molar-refractivity contribution in [3.8, 4) is 0 Å². The van der Waals surface area contributed by atoms with E-state index >= 15 is 0 Å². The molecule has 0 aliphatic carbocycles. The Labute approximate surface area is 115 Å². The number of amides is 1.